The van der Waals surface area contributed by atoms with Crippen LogP contribution < -0.4 is 0 Å². The van der Waals surface area contributed by atoms with Crippen molar-refractivity contribution in [2.24, 2.45) is 5.92 Å². The SMILES string of the molecule is C[C@@H](O)C1CCC(O)CC1. The summed E-state index contributed by atoms with van der Waals surface area (Å²) in [6, 6.07) is 0. The third-order valence-electron chi connectivity index (χ3n) is 2.42. The van der Waals surface area contributed by atoms with Crippen molar-refractivity contribution in [3.63, 3.8) is 0 Å². The molecule has 10 heavy (non-hydrogen) atoms. The lowest BCUT2D eigenvalue weighted by Gasteiger charge is -2.27. The molecular formula is C8H16O2. The van der Waals surface area contributed by atoms with Crippen LogP contribution in [0.2, 0.25) is 0 Å². The Morgan fingerprint density at radius 1 is 1.20 bits per heavy atom. The molecule has 1 aliphatic carbocycles. The van der Waals surface area contributed by atoms with E-state index < -0.39 is 0 Å². The molecule has 0 radical (unpaired) electrons. The van der Waals surface area contributed by atoms with Crippen LogP contribution in [-0.2, 0) is 0 Å². The largest absolute Gasteiger partial charge is 0.393 e. The molecule has 2 N–H and O–H groups in total. The summed E-state index contributed by atoms with van der Waals surface area (Å²) in [5.41, 5.74) is 0. The number of hydrogen-bond acceptors (Lipinski definition) is 2. The molecule has 0 aromatic rings. The molecular weight excluding hydrogens is 128 g/mol. The molecule has 1 fully saturated rings. The molecule has 0 unspecified atom stereocenters. The lowest BCUT2D eigenvalue weighted by Crippen LogP contribution is -2.25. The first-order chi connectivity index (χ1) is 4.70. The predicted molar refractivity (Wildman–Crippen MR) is 39.6 cm³/mol. The summed E-state index contributed by atoms with van der Waals surface area (Å²) >= 11 is 0. The van der Waals surface area contributed by atoms with E-state index in [0.29, 0.717) is 5.92 Å². The van der Waals surface area contributed by atoms with Crippen molar-refractivity contribution in [3.8, 4) is 0 Å². The summed E-state index contributed by atoms with van der Waals surface area (Å²) in [5.74, 6) is 0.434. The summed E-state index contributed by atoms with van der Waals surface area (Å²) in [5, 5.41) is 18.3. The Kier molecular flexibility index (Phi) is 2.69. The van der Waals surface area contributed by atoms with Gasteiger partial charge in [-0.2, -0.15) is 0 Å². The highest BCUT2D eigenvalue weighted by atomic mass is 16.3. The van der Waals surface area contributed by atoms with Crippen molar-refractivity contribution < 1.29 is 10.2 Å². The first kappa shape index (κ1) is 8.02. The average molecular weight is 144 g/mol. The van der Waals surface area contributed by atoms with Gasteiger partial charge < -0.3 is 10.2 Å². The van der Waals surface area contributed by atoms with Gasteiger partial charge in [-0.15, -0.1) is 0 Å². The topological polar surface area (TPSA) is 40.5 Å². The third-order valence-corrected chi connectivity index (χ3v) is 2.42. The van der Waals surface area contributed by atoms with Gasteiger partial charge in [0.15, 0.2) is 0 Å². The fourth-order valence-corrected chi connectivity index (χ4v) is 1.58. The zero-order chi connectivity index (χ0) is 7.56. The minimum Gasteiger partial charge on any atom is -0.393 e. The molecule has 1 atom stereocenters. The summed E-state index contributed by atoms with van der Waals surface area (Å²) in [6.07, 6.45) is 3.42. The molecule has 0 spiro atoms. The van der Waals surface area contributed by atoms with Crippen LogP contribution in [-0.4, -0.2) is 22.4 Å². The predicted octanol–water partition coefficient (Wildman–Crippen LogP) is 0.918. The molecule has 0 bridgehead atoms. The number of aliphatic hydroxyl groups is 2. The van der Waals surface area contributed by atoms with E-state index in [9.17, 15) is 5.11 Å². The Morgan fingerprint density at radius 3 is 2.10 bits per heavy atom. The van der Waals surface area contributed by atoms with Gasteiger partial charge in [-0.1, -0.05) is 0 Å². The molecule has 0 aromatic heterocycles. The zero-order valence-corrected chi connectivity index (χ0v) is 6.45. The minimum absolute atomic E-state index is 0.102. The molecule has 1 aliphatic rings. The van der Waals surface area contributed by atoms with Crippen molar-refractivity contribution in [2.75, 3.05) is 0 Å². The van der Waals surface area contributed by atoms with Crippen LogP contribution in [0.15, 0.2) is 0 Å². The lowest BCUT2D eigenvalue weighted by atomic mass is 9.84. The molecule has 2 heteroatoms. The Labute approximate surface area is 61.9 Å². The molecule has 0 aliphatic heterocycles. The first-order valence-corrected chi connectivity index (χ1v) is 4.06. The van der Waals surface area contributed by atoms with Crippen LogP contribution in [0.3, 0.4) is 0 Å². The molecule has 0 amide bonds. The third kappa shape index (κ3) is 1.96. The van der Waals surface area contributed by atoms with Gasteiger partial charge in [0, 0.05) is 0 Å². The van der Waals surface area contributed by atoms with Gasteiger partial charge in [0.2, 0.25) is 0 Å². The van der Waals surface area contributed by atoms with E-state index in [1.807, 2.05) is 6.92 Å². The number of hydrogen-bond donors (Lipinski definition) is 2. The quantitative estimate of drug-likeness (QED) is 0.574. The molecule has 1 rings (SSSR count). The Hall–Kier alpha value is -0.0800. The Bertz CT molecular complexity index is 93.4. The first-order valence-electron chi connectivity index (χ1n) is 4.06. The van der Waals surface area contributed by atoms with Gasteiger partial charge >= 0.3 is 0 Å². The highest BCUT2D eigenvalue weighted by Crippen LogP contribution is 2.26. The second kappa shape index (κ2) is 3.35. The van der Waals surface area contributed by atoms with Gasteiger partial charge in [-0.05, 0) is 38.5 Å². The van der Waals surface area contributed by atoms with E-state index in [4.69, 9.17) is 5.11 Å². The van der Waals surface area contributed by atoms with Crippen molar-refractivity contribution in [2.45, 2.75) is 44.8 Å². The van der Waals surface area contributed by atoms with E-state index in [1.165, 1.54) is 0 Å². The summed E-state index contributed by atoms with van der Waals surface area (Å²) in [6.45, 7) is 1.84. The summed E-state index contributed by atoms with van der Waals surface area (Å²) in [7, 11) is 0. The van der Waals surface area contributed by atoms with Crippen molar-refractivity contribution in [1.29, 1.82) is 0 Å². The van der Waals surface area contributed by atoms with Gasteiger partial charge in [0.1, 0.15) is 0 Å². The highest BCUT2D eigenvalue weighted by Gasteiger charge is 2.22. The van der Waals surface area contributed by atoms with Crippen molar-refractivity contribution in [3.05, 3.63) is 0 Å². The second-order valence-electron chi connectivity index (χ2n) is 3.31. The lowest BCUT2D eigenvalue weighted by molar-refractivity contribution is 0.0512. The van der Waals surface area contributed by atoms with Gasteiger partial charge in [-0.25, -0.2) is 0 Å². The van der Waals surface area contributed by atoms with E-state index in [-0.39, 0.29) is 12.2 Å². The monoisotopic (exact) mass is 144 g/mol. The van der Waals surface area contributed by atoms with Crippen LogP contribution in [0.25, 0.3) is 0 Å². The second-order valence-corrected chi connectivity index (χ2v) is 3.31. The fraction of sp³-hybridized carbons (Fsp3) is 1.00. The average Bonchev–Trinajstić information content (AvgIpc) is 1.88. The normalized spacial score (nSPS) is 37.5. The van der Waals surface area contributed by atoms with Crippen LogP contribution >= 0.6 is 0 Å². The molecule has 2 nitrogen and oxygen atoms in total. The molecule has 0 heterocycles. The van der Waals surface area contributed by atoms with Crippen LogP contribution in [0.5, 0.6) is 0 Å². The van der Waals surface area contributed by atoms with Gasteiger partial charge in [-0.3, -0.25) is 0 Å². The van der Waals surface area contributed by atoms with Crippen LogP contribution in [0, 0.1) is 5.92 Å². The van der Waals surface area contributed by atoms with E-state index in [1.54, 1.807) is 0 Å². The Morgan fingerprint density at radius 2 is 1.70 bits per heavy atom. The maximum Gasteiger partial charge on any atom is 0.0540 e. The Balaban J connectivity index is 2.26. The molecule has 0 aromatic carbocycles. The zero-order valence-electron chi connectivity index (χ0n) is 6.45. The van der Waals surface area contributed by atoms with E-state index in [2.05, 4.69) is 0 Å². The van der Waals surface area contributed by atoms with Crippen molar-refractivity contribution in [1.82, 2.24) is 0 Å². The summed E-state index contributed by atoms with van der Waals surface area (Å²) in [4.78, 5) is 0. The number of aliphatic hydroxyl groups excluding tert-OH is 2. The van der Waals surface area contributed by atoms with E-state index in [0.717, 1.165) is 25.7 Å². The molecule has 60 valence electrons. The minimum atomic E-state index is -0.188. The molecule has 1 saturated carbocycles. The maximum atomic E-state index is 9.18. The fourth-order valence-electron chi connectivity index (χ4n) is 1.58. The highest BCUT2D eigenvalue weighted by molar-refractivity contribution is 4.74. The van der Waals surface area contributed by atoms with Crippen LogP contribution in [0.4, 0.5) is 0 Å². The molecule has 0 saturated heterocycles. The number of rotatable bonds is 1. The van der Waals surface area contributed by atoms with Gasteiger partial charge in [0.25, 0.3) is 0 Å². The van der Waals surface area contributed by atoms with Crippen molar-refractivity contribution >= 4 is 0 Å². The van der Waals surface area contributed by atoms with Crippen LogP contribution in [0.1, 0.15) is 32.6 Å². The smallest absolute Gasteiger partial charge is 0.0540 e. The maximum absolute atomic E-state index is 9.18. The van der Waals surface area contributed by atoms with E-state index >= 15 is 0 Å². The van der Waals surface area contributed by atoms with Gasteiger partial charge in [0.05, 0.1) is 12.2 Å². The summed E-state index contributed by atoms with van der Waals surface area (Å²) < 4.78 is 0. The standard InChI is InChI=1S/C8H16O2/c1-6(9)7-2-4-8(10)5-3-7/h6-10H,2-5H2,1H3/t6-,7?,8?/m1/s1.